The number of amides is 1. The first-order valence-corrected chi connectivity index (χ1v) is 13.1. The molecule has 13 nitrogen and oxygen atoms in total. The van der Waals surface area contributed by atoms with Crippen LogP contribution in [0.15, 0.2) is 0 Å². The maximum absolute atomic E-state index is 11.4. The lowest BCUT2D eigenvalue weighted by atomic mass is 9.93. The maximum Gasteiger partial charge on any atom is 0.219 e. The smallest absolute Gasteiger partial charge is 0.219 e. The second kappa shape index (κ2) is 16.2. The molecule has 0 saturated carbocycles. The molecule has 0 spiro atoms. The zero-order valence-corrected chi connectivity index (χ0v) is 21.8. The molecule has 0 aromatic rings. The monoisotopic (exact) mass is 538 g/mol. The number of hydrogen-bond acceptors (Lipinski definition) is 12. The minimum absolute atomic E-state index is 0.00245. The van der Waals surface area contributed by atoms with E-state index >= 15 is 0 Å². The summed E-state index contributed by atoms with van der Waals surface area (Å²) in [6.45, 7) is 3.03. The van der Waals surface area contributed by atoms with Crippen molar-refractivity contribution >= 4 is 5.91 Å². The zero-order chi connectivity index (χ0) is 27.5. The molecule has 218 valence electrons. The number of carbonyl (C=O) groups excluding carboxylic acids is 1. The first kappa shape index (κ1) is 32.2. The van der Waals surface area contributed by atoms with Gasteiger partial charge < -0.3 is 60.2 Å². The molecule has 0 aromatic heterocycles. The third kappa shape index (κ3) is 9.62. The molecule has 37 heavy (non-hydrogen) atoms. The Balaban J connectivity index is 1.84. The predicted octanol–water partition coefficient (Wildman–Crippen LogP) is -2.94. The van der Waals surface area contributed by atoms with E-state index in [1.807, 2.05) is 0 Å². The summed E-state index contributed by atoms with van der Waals surface area (Å²) >= 11 is 0. The molecule has 13 heteroatoms. The lowest BCUT2D eigenvalue weighted by Gasteiger charge is -2.40. The van der Waals surface area contributed by atoms with Crippen LogP contribution in [0.25, 0.3) is 0 Å². The van der Waals surface area contributed by atoms with Crippen LogP contribution in [-0.2, 0) is 19.0 Å². The van der Waals surface area contributed by atoms with Crippen LogP contribution < -0.4 is 5.32 Å². The zero-order valence-electron chi connectivity index (χ0n) is 21.8. The van der Waals surface area contributed by atoms with E-state index in [1.54, 1.807) is 14.0 Å². The normalized spacial score (nSPS) is 36.6. The molecule has 10 atom stereocenters. The predicted molar refractivity (Wildman–Crippen MR) is 130 cm³/mol. The SMILES string of the molecule is CNC(=O)CCCCCN(CCC[C@@H]1O[C@@H](C)[C@@H](O)[C@@H](O)[C@@H]1O)CCO[C@@H]1O[C@H](CO)[C@@H](O)[C@H](O)[C@H]1O. The Morgan fingerprint density at radius 2 is 1.46 bits per heavy atom. The molecule has 2 aliphatic rings. The van der Waals surface area contributed by atoms with E-state index in [0.29, 0.717) is 38.9 Å². The molecular weight excluding hydrogens is 492 g/mol. The lowest BCUT2D eigenvalue weighted by Crippen LogP contribution is -2.59. The molecule has 2 aliphatic heterocycles. The standard InChI is InChI=1S/C24H46N2O11/c1-14-18(29)21(32)19(30)15(36-14)7-6-10-26(9-5-3-4-8-17(28)25-2)11-12-35-24-23(34)22(33)20(31)16(13-27)37-24/h14-16,18-24,27,29-34H,3-13H2,1-2H3,(H,25,28)/t14-,15-,16+,18+,19+,20+,21+,22-,23+,24+/m0/s1. The van der Waals surface area contributed by atoms with Crippen LogP contribution >= 0.6 is 0 Å². The summed E-state index contributed by atoms with van der Waals surface area (Å²) in [6, 6.07) is 0. The minimum Gasteiger partial charge on any atom is -0.394 e. The van der Waals surface area contributed by atoms with E-state index in [4.69, 9.17) is 14.2 Å². The van der Waals surface area contributed by atoms with Crippen LogP contribution in [0.4, 0.5) is 0 Å². The van der Waals surface area contributed by atoms with Gasteiger partial charge in [0.25, 0.3) is 0 Å². The van der Waals surface area contributed by atoms with Crippen molar-refractivity contribution in [2.75, 3.05) is 39.9 Å². The van der Waals surface area contributed by atoms with E-state index < -0.39 is 67.8 Å². The van der Waals surface area contributed by atoms with Gasteiger partial charge in [-0.05, 0) is 45.7 Å². The molecule has 0 bridgehead atoms. The van der Waals surface area contributed by atoms with Crippen molar-refractivity contribution in [2.24, 2.45) is 0 Å². The molecule has 2 heterocycles. The number of ether oxygens (including phenoxy) is 3. The Labute approximate surface area is 217 Å². The maximum atomic E-state index is 11.4. The Bertz CT molecular complexity index is 658. The molecule has 0 radical (unpaired) electrons. The van der Waals surface area contributed by atoms with Crippen molar-refractivity contribution < 1.29 is 54.8 Å². The van der Waals surface area contributed by atoms with Gasteiger partial charge in [0.1, 0.15) is 42.7 Å². The van der Waals surface area contributed by atoms with Crippen LogP contribution in [0, 0.1) is 0 Å². The highest BCUT2D eigenvalue weighted by Crippen LogP contribution is 2.24. The van der Waals surface area contributed by atoms with Gasteiger partial charge in [-0.2, -0.15) is 0 Å². The van der Waals surface area contributed by atoms with Gasteiger partial charge in [0.15, 0.2) is 6.29 Å². The van der Waals surface area contributed by atoms with Crippen LogP contribution in [0.2, 0.25) is 0 Å². The quantitative estimate of drug-likeness (QED) is 0.0988. The lowest BCUT2D eigenvalue weighted by molar-refractivity contribution is -0.301. The van der Waals surface area contributed by atoms with Crippen molar-refractivity contribution in [1.82, 2.24) is 10.2 Å². The summed E-state index contributed by atoms with van der Waals surface area (Å²) in [5, 5.41) is 72.1. The highest BCUT2D eigenvalue weighted by molar-refractivity contribution is 5.75. The number of aliphatic hydroxyl groups excluding tert-OH is 7. The number of carbonyl (C=O) groups is 1. The summed E-state index contributed by atoms with van der Waals surface area (Å²) in [7, 11) is 1.60. The van der Waals surface area contributed by atoms with E-state index in [2.05, 4.69) is 10.2 Å². The Hall–Kier alpha value is -0.970. The average molecular weight is 539 g/mol. The Kier molecular flexibility index (Phi) is 14.1. The molecule has 1 amide bonds. The second-order valence-corrected chi connectivity index (χ2v) is 9.89. The van der Waals surface area contributed by atoms with Gasteiger partial charge >= 0.3 is 0 Å². The van der Waals surface area contributed by atoms with E-state index in [-0.39, 0.29) is 12.5 Å². The fourth-order valence-corrected chi connectivity index (χ4v) is 4.65. The van der Waals surface area contributed by atoms with Crippen molar-refractivity contribution in [3.8, 4) is 0 Å². The third-order valence-corrected chi connectivity index (χ3v) is 7.11. The molecule has 0 aromatic carbocycles. The molecule has 2 saturated heterocycles. The summed E-state index contributed by atoms with van der Waals surface area (Å²) in [5.74, 6) is -0.00245. The molecule has 0 unspecified atom stereocenters. The van der Waals surface area contributed by atoms with Crippen LogP contribution in [0.1, 0.15) is 45.4 Å². The highest BCUT2D eigenvalue weighted by Gasteiger charge is 2.44. The van der Waals surface area contributed by atoms with Crippen LogP contribution in [0.3, 0.4) is 0 Å². The van der Waals surface area contributed by atoms with Crippen LogP contribution in [-0.4, -0.2) is 148 Å². The largest absolute Gasteiger partial charge is 0.394 e. The van der Waals surface area contributed by atoms with Crippen molar-refractivity contribution in [3.05, 3.63) is 0 Å². The second-order valence-electron chi connectivity index (χ2n) is 9.89. The van der Waals surface area contributed by atoms with Gasteiger partial charge in [-0.3, -0.25) is 4.79 Å². The number of hydrogen-bond donors (Lipinski definition) is 8. The van der Waals surface area contributed by atoms with Crippen molar-refractivity contribution in [2.45, 2.75) is 107 Å². The fraction of sp³-hybridized carbons (Fsp3) is 0.958. The Morgan fingerprint density at radius 3 is 2.14 bits per heavy atom. The fourth-order valence-electron chi connectivity index (χ4n) is 4.65. The van der Waals surface area contributed by atoms with Crippen molar-refractivity contribution in [3.63, 3.8) is 0 Å². The number of nitrogens with one attached hydrogen (secondary N) is 1. The average Bonchev–Trinajstić information content (AvgIpc) is 2.89. The number of nitrogens with zero attached hydrogens (tertiary/aromatic N) is 1. The molecule has 2 rings (SSSR count). The van der Waals surface area contributed by atoms with E-state index in [0.717, 1.165) is 19.3 Å². The molecular formula is C24H46N2O11. The third-order valence-electron chi connectivity index (χ3n) is 7.11. The van der Waals surface area contributed by atoms with Gasteiger partial charge in [-0.1, -0.05) is 6.42 Å². The molecule has 2 fully saturated rings. The first-order valence-electron chi connectivity index (χ1n) is 13.1. The van der Waals surface area contributed by atoms with Crippen molar-refractivity contribution in [1.29, 1.82) is 0 Å². The van der Waals surface area contributed by atoms with Gasteiger partial charge in [0.2, 0.25) is 5.91 Å². The number of rotatable bonds is 15. The molecule has 8 N–H and O–H groups in total. The highest BCUT2D eigenvalue weighted by atomic mass is 16.7. The number of unbranched alkanes of at least 4 members (excludes halogenated alkanes) is 2. The van der Waals surface area contributed by atoms with E-state index in [9.17, 15) is 40.5 Å². The van der Waals surface area contributed by atoms with Crippen LogP contribution in [0.5, 0.6) is 0 Å². The Morgan fingerprint density at radius 1 is 0.811 bits per heavy atom. The summed E-state index contributed by atoms with van der Waals surface area (Å²) in [5.41, 5.74) is 0. The summed E-state index contributed by atoms with van der Waals surface area (Å²) < 4.78 is 16.7. The topological polar surface area (TPSA) is 202 Å². The van der Waals surface area contributed by atoms with Gasteiger partial charge in [0.05, 0.1) is 25.4 Å². The van der Waals surface area contributed by atoms with Gasteiger partial charge in [-0.15, -0.1) is 0 Å². The first-order chi connectivity index (χ1) is 17.6. The summed E-state index contributed by atoms with van der Waals surface area (Å²) in [6.07, 6.45) is -7.46. The molecule has 0 aliphatic carbocycles. The number of aliphatic hydroxyl groups is 7. The summed E-state index contributed by atoms with van der Waals surface area (Å²) in [4.78, 5) is 13.5. The van der Waals surface area contributed by atoms with E-state index in [1.165, 1.54) is 0 Å². The van der Waals surface area contributed by atoms with Gasteiger partial charge in [-0.25, -0.2) is 0 Å². The van der Waals surface area contributed by atoms with Gasteiger partial charge in [0, 0.05) is 20.0 Å². The minimum atomic E-state index is -1.51.